The molecule has 1 aromatic rings. The Morgan fingerprint density at radius 2 is 2.07 bits per heavy atom. The second-order valence-corrected chi connectivity index (χ2v) is 3.62. The smallest absolute Gasteiger partial charge is 0.131 e. The third-order valence-electron chi connectivity index (χ3n) is 2.43. The van der Waals surface area contributed by atoms with Crippen LogP contribution in [-0.4, -0.2) is 0 Å². The molecule has 0 spiro atoms. The second-order valence-electron chi connectivity index (χ2n) is 3.62. The van der Waals surface area contributed by atoms with Gasteiger partial charge in [-0.1, -0.05) is 30.4 Å². The van der Waals surface area contributed by atoms with E-state index in [1.807, 2.05) is 25.1 Å². The molecule has 0 bridgehead atoms. The number of rotatable bonds is 1. The molecule has 0 heterocycles. The molecule has 0 unspecified atom stereocenters. The molecule has 0 N–H and O–H groups in total. The topological polar surface area (TPSA) is 0 Å². The molecular formula is C13H13F. The molecule has 0 fully saturated rings. The molecule has 0 nitrogen and oxygen atoms in total. The van der Waals surface area contributed by atoms with Gasteiger partial charge in [-0.3, -0.25) is 0 Å². The minimum absolute atomic E-state index is 0.122. The van der Waals surface area contributed by atoms with Crippen LogP contribution in [0.5, 0.6) is 0 Å². The van der Waals surface area contributed by atoms with Gasteiger partial charge in [0.1, 0.15) is 5.82 Å². The third-order valence-corrected chi connectivity index (χ3v) is 2.43. The van der Waals surface area contributed by atoms with Crippen molar-refractivity contribution in [3.8, 4) is 0 Å². The fraction of sp³-hybridized carbons (Fsp3) is 0.231. The molecule has 1 heteroatoms. The molecule has 2 rings (SSSR count). The maximum atomic E-state index is 13.6. The molecule has 0 radical (unpaired) electrons. The summed E-state index contributed by atoms with van der Waals surface area (Å²) < 4.78 is 13.6. The van der Waals surface area contributed by atoms with E-state index in [0.717, 1.165) is 24.0 Å². The van der Waals surface area contributed by atoms with Crippen molar-refractivity contribution in [1.29, 1.82) is 0 Å². The van der Waals surface area contributed by atoms with Gasteiger partial charge in [-0.15, -0.1) is 0 Å². The summed E-state index contributed by atoms with van der Waals surface area (Å²) in [7, 11) is 0. The summed E-state index contributed by atoms with van der Waals surface area (Å²) in [4.78, 5) is 0. The molecule has 72 valence electrons. The molecule has 0 saturated heterocycles. The maximum absolute atomic E-state index is 13.6. The van der Waals surface area contributed by atoms with Crippen LogP contribution in [0.25, 0.3) is 5.57 Å². The van der Waals surface area contributed by atoms with Crippen molar-refractivity contribution in [2.45, 2.75) is 19.8 Å². The van der Waals surface area contributed by atoms with Crippen molar-refractivity contribution < 1.29 is 4.39 Å². The summed E-state index contributed by atoms with van der Waals surface area (Å²) in [6.07, 6.45) is 8.26. The van der Waals surface area contributed by atoms with E-state index in [9.17, 15) is 4.39 Å². The van der Waals surface area contributed by atoms with E-state index in [1.165, 1.54) is 0 Å². The van der Waals surface area contributed by atoms with Crippen LogP contribution in [0, 0.1) is 12.7 Å². The van der Waals surface area contributed by atoms with Gasteiger partial charge in [-0.05, 0) is 37.0 Å². The van der Waals surface area contributed by atoms with Crippen molar-refractivity contribution in [3.63, 3.8) is 0 Å². The van der Waals surface area contributed by atoms with Gasteiger partial charge in [0.05, 0.1) is 0 Å². The van der Waals surface area contributed by atoms with E-state index >= 15 is 0 Å². The van der Waals surface area contributed by atoms with Crippen LogP contribution in [-0.2, 0) is 0 Å². The molecule has 1 aliphatic rings. The Morgan fingerprint density at radius 1 is 1.21 bits per heavy atom. The minimum Gasteiger partial charge on any atom is -0.206 e. The highest BCUT2D eigenvalue weighted by molar-refractivity contribution is 5.75. The molecule has 0 atom stereocenters. The molecule has 0 amide bonds. The first-order chi connectivity index (χ1) is 6.77. The lowest BCUT2D eigenvalue weighted by Gasteiger charge is -2.08. The van der Waals surface area contributed by atoms with E-state index in [4.69, 9.17) is 0 Å². The second kappa shape index (κ2) is 3.79. The van der Waals surface area contributed by atoms with Gasteiger partial charge in [0.15, 0.2) is 0 Å². The van der Waals surface area contributed by atoms with Crippen molar-refractivity contribution in [2.24, 2.45) is 0 Å². The van der Waals surface area contributed by atoms with Crippen LogP contribution in [0.3, 0.4) is 0 Å². The zero-order valence-corrected chi connectivity index (χ0v) is 8.26. The number of allylic oxidation sites excluding steroid dienone is 4. The third kappa shape index (κ3) is 1.77. The van der Waals surface area contributed by atoms with Crippen LogP contribution < -0.4 is 0 Å². The highest BCUT2D eigenvalue weighted by Gasteiger charge is 2.06. The van der Waals surface area contributed by atoms with Crippen molar-refractivity contribution in [3.05, 3.63) is 53.4 Å². The Morgan fingerprint density at radius 3 is 2.71 bits per heavy atom. The molecule has 0 saturated carbocycles. The van der Waals surface area contributed by atoms with Crippen molar-refractivity contribution in [1.82, 2.24) is 0 Å². The first kappa shape index (κ1) is 9.20. The van der Waals surface area contributed by atoms with E-state index in [0.29, 0.717) is 5.56 Å². The summed E-state index contributed by atoms with van der Waals surface area (Å²) in [6, 6.07) is 5.38. The Hall–Kier alpha value is -1.37. The van der Waals surface area contributed by atoms with E-state index in [1.54, 1.807) is 6.07 Å². The average molecular weight is 188 g/mol. The monoisotopic (exact) mass is 188 g/mol. The maximum Gasteiger partial charge on any atom is 0.131 e. The SMILES string of the molecule is Cc1ccc(C2=CCCC=C2)c(F)c1. The number of hydrogen-bond acceptors (Lipinski definition) is 0. The van der Waals surface area contributed by atoms with Gasteiger partial charge in [-0.25, -0.2) is 4.39 Å². The minimum atomic E-state index is -0.122. The molecule has 14 heavy (non-hydrogen) atoms. The van der Waals surface area contributed by atoms with Gasteiger partial charge < -0.3 is 0 Å². The summed E-state index contributed by atoms with van der Waals surface area (Å²) in [5, 5.41) is 0. The normalized spacial score (nSPS) is 15.4. The number of hydrogen-bond donors (Lipinski definition) is 0. The fourth-order valence-electron chi connectivity index (χ4n) is 1.67. The number of aryl methyl sites for hydroxylation is 1. The van der Waals surface area contributed by atoms with Gasteiger partial charge in [0.25, 0.3) is 0 Å². The van der Waals surface area contributed by atoms with Gasteiger partial charge in [-0.2, -0.15) is 0 Å². The molecule has 1 aromatic carbocycles. The summed E-state index contributed by atoms with van der Waals surface area (Å²) in [5.74, 6) is -0.122. The highest BCUT2D eigenvalue weighted by Crippen LogP contribution is 2.24. The largest absolute Gasteiger partial charge is 0.206 e. The zero-order chi connectivity index (χ0) is 9.97. The van der Waals surface area contributed by atoms with Gasteiger partial charge in [0, 0.05) is 5.56 Å². The Balaban J connectivity index is 2.41. The molecule has 0 aromatic heterocycles. The summed E-state index contributed by atoms with van der Waals surface area (Å²) in [6.45, 7) is 1.90. The lowest BCUT2D eigenvalue weighted by molar-refractivity contribution is 0.623. The first-order valence-electron chi connectivity index (χ1n) is 4.90. The van der Waals surface area contributed by atoms with Crippen LogP contribution in [0.4, 0.5) is 4.39 Å². The van der Waals surface area contributed by atoms with Crippen LogP contribution in [0.2, 0.25) is 0 Å². The van der Waals surface area contributed by atoms with Crippen molar-refractivity contribution in [2.75, 3.05) is 0 Å². The van der Waals surface area contributed by atoms with Crippen LogP contribution >= 0.6 is 0 Å². The van der Waals surface area contributed by atoms with Gasteiger partial charge >= 0.3 is 0 Å². The fourth-order valence-corrected chi connectivity index (χ4v) is 1.67. The quantitative estimate of drug-likeness (QED) is 0.627. The molecule has 1 aliphatic carbocycles. The predicted molar refractivity (Wildman–Crippen MR) is 57.5 cm³/mol. The predicted octanol–water partition coefficient (Wildman–Crippen LogP) is 3.87. The molecule has 0 aliphatic heterocycles. The molecular weight excluding hydrogens is 175 g/mol. The zero-order valence-electron chi connectivity index (χ0n) is 8.26. The number of halogens is 1. The van der Waals surface area contributed by atoms with E-state index in [2.05, 4.69) is 12.2 Å². The lowest BCUT2D eigenvalue weighted by Crippen LogP contribution is -1.91. The van der Waals surface area contributed by atoms with Gasteiger partial charge in [0.2, 0.25) is 0 Å². The van der Waals surface area contributed by atoms with Crippen LogP contribution in [0.1, 0.15) is 24.0 Å². The van der Waals surface area contributed by atoms with Crippen molar-refractivity contribution >= 4 is 5.57 Å². The highest BCUT2D eigenvalue weighted by atomic mass is 19.1. The summed E-state index contributed by atoms with van der Waals surface area (Å²) >= 11 is 0. The summed E-state index contributed by atoms with van der Waals surface area (Å²) in [5.41, 5.74) is 2.69. The standard InChI is InChI=1S/C13H13F/c1-10-7-8-12(13(14)9-10)11-5-3-2-4-6-11/h3,5-9H,2,4H2,1H3. The number of benzene rings is 1. The lowest BCUT2D eigenvalue weighted by atomic mass is 9.98. The Bertz CT molecular complexity index is 400. The first-order valence-corrected chi connectivity index (χ1v) is 4.90. The van der Waals surface area contributed by atoms with E-state index < -0.39 is 0 Å². The van der Waals surface area contributed by atoms with Crippen LogP contribution in [0.15, 0.2) is 36.4 Å². The van der Waals surface area contributed by atoms with E-state index in [-0.39, 0.29) is 5.82 Å². The Labute approximate surface area is 83.8 Å². The average Bonchev–Trinajstić information content (AvgIpc) is 2.19. The Kier molecular flexibility index (Phi) is 2.49.